The number of para-hydroxylation sites is 3. The minimum Gasteiger partial charge on any atom is -0.457 e. The van der Waals surface area contributed by atoms with Crippen molar-refractivity contribution >= 4 is 17.1 Å². The van der Waals surface area contributed by atoms with Gasteiger partial charge in [0, 0.05) is 33.8 Å². The van der Waals surface area contributed by atoms with Gasteiger partial charge in [-0.05, 0) is 77.9 Å². The van der Waals surface area contributed by atoms with E-state index in [4.69, 9.17) is 19.7 Å². The number of anilines is 3. The van der Waals surface area contributed by atoms with Crippen molar-refractivity contribution in [3.05, 3.63) is 194 Å². The van der Waals surface area contributed by atoms with E-state index in [2.05, 4.69) is 89.8 Å². The molecule has 0 bridgehead atoms. The molecule has 0 aliphatic heterocycles. The first kappa shape index (κ1) is 30.5. The molecule has 7 aromatic carbocycles. The highest BCUT2D eigenvalue weighted by Crippen LogP contribution is 2.38. The van der Waals surface area contributed by atoms with Gasteiger partial charge in [-0.15, -0.1) is 0 Å². The molecule has 50 heavy (non-hydrogen) atoms. The van der Waals surface area contributed by atoms with Gasteiger partial charge in [-0.1, -0.05) is 127 Å². The van der Waals surface area contributed by atoms with Gasteiger partial charge < -0.3 is 9.64 Å². The Balaban J connectivity index is 1.24. The Morgan fingerprint density at radius 1 is 0.300 bits per heavy atom. The predicted molar refractivity (Wildman–Crippen MR) is 203 cm³/mol. The molecule has 238 valence electrons. The van der Waals surface area contributed by atoms with Crippen molar-refractivity contribution < 1.29 is 4.74 Å². The summed E-state index contributed by atoms with van der Waals surface area (Å²) >= 11 is 0. The Hall–Kier alpha value is -6.85. The topological polar surface area (TPSA) is 51.1 Å². The number of rotatable bonds is 9. The van der Waals surface area contributed by atoms with E-state index in [0.29, 0.717) is 23.2 Å². The normalized spacial score (nSPS) is 10.8. The van der Waals surface area contributed by atoms with Crippen LogP contribution in [0.3, 0.4) is 0 Å². The first-order valence-electron chi connectivity index (χ1n) is 16.5. The van der Waals surface area contributed by atoms with Crippen LogP contribution in [-0.4, -0.2) is 15.0 Å². The van der Waals surface area contributed by atoms with E-state index in [9.17, 15) is 0 Å². The van der Waals surface area contributed by atoms with E-state index < -0.39 is 0 Å². The fourth-order valence-corrected chi connectivity index (χ4v) is 5.92. The van der Waals surface area contributed by atoms with E-state index in [-0.39, 0.29) is 0 Å². The third-order valence-corrected chi connectivity index (χ3v) is 8.33. The zero-order valence-electron chi connectivity index (χ0n) is 27.2. The minimum atomic E-state index is 0.563. The third kappa shape index (κ3) is 6.75. The summed E-state index contributed by atoms with van der Waals surface area (Å²) in [6.07, 6.45) is 0. The summed E-state index contributed by atoms with van der Waals surface area (Å²) in [5, 5.41) is 0. The van der Waals surface area contributed by atoms with Gasteiger partial charge in [0.25, 0.3) is 0 Å². The number of hydrogen-bond acceptors (Lipinski definition) is 5. The number of hydrogen-bond donors (Lipinski definition) is 0. The molecule has 0 spiro atoms. The summed E-state index contributed by atoms with van der Waals surface area (Å²) in [6.45, 7) is 0. The lowest BCUT2D eigenvalue weighted by Gasteiger charge is -2.25. The summed E-state index contributed by atoms with van der Waals surface area (Å²) in [5.41, 5.74) is 7.91. The monoisotopic (exact) mass is 644 g/mol. The van der Waals surface area contributed by atoms with Crippen LogP contribution in [0.25, 0.3) is 45.3 Å². The van der Waals surface area contributed by atoms with Gasteiger partial charge in [-0.2, -0.15) is 0 Å². The standard InChI is InChI=1S/C45H32N4O/c1-6-16-34(17-7-1)43-46-44(35-18-8-2-9-19-35)48-45(47-43)37-30-36(31-42(32-37)50-41-24-14-5-15-25-41)33-26-28-40(29-27-33)49(38-20-10-3-11-21-38)39-22-12-4-13-23-39/h1-32H. The van der Waals surface area contributed by atoms with E-state index in [1.165, 1.54) is 0 Å². The van der Waals surface area contributed by atoms with Crippen molar-refractivity contribution in [1.29, 1.82) is 0 Å². The molecule has 0 unspecified atom stereocenters. The molecule has 8 rings (SSSR count). The van der Waals surface area contributed by atoms with Crippen LogP contribution in [0.1, 0.15) is 0 Å². The SMILES string of the molecule is c1ccc(Oc2cc(-c3ccc(N(c4ccccc4)c4ccccc4)cc3)cc(-c3nc(-c4ccccc4)nc(-c4ccccc4)n3)c2)cc1. The highest BCUT2D eigenvalue weighted by atomic mass is 16.5. The van der Waals surface area contributed by atoms with Gasteiger partial charge in [0.1, 0.15) is 11.5 Å². The van der Waals surface area contributed by atoms with Crippen molar-refractivity contribution in [1.82, 2.24) is 15.0 Å². The minimum absolute atomic E-state index is 0.563. The summed E-state index contributed by atoms with van der Waals surface area (Å²) in [7, 11) is 0. The van der Waals surface area contributed by atoms with E-state index in [1.54, 1.807) is 0 Å². The van der Waals surface area contributed by atoms with Gasteiger partial charge in [-0.3, -0.25) is 0 Å². The summed E-state index contributed by atoms with van der Waals surface area (Å²) in [6, 6.07) is 65.5. The third-order valence-electron chi connectivity index (χ3n) is 8.33. The van der Waals surface area contributed by atoms with Crippen LogP contribution in [0.4, 0.5) is 17.1 Å². The molecule has 0 atom stereocenters. The second-order valence-electron chi connectivity index (χ2n) is 11.8. The maximum Gasteiger partial charge on any atom is 0.164 e. The summed E-state index contributed by atoms with van der Waals surface area (Å²) in [5.74, 6) is 3.21. The van der Waals surface area contributed by atoms with Gasteiger partial charge in [0.15, 0.2) is 17.5 Å². The van der Waals surface area contributed by atoms with Crippen molar-refractivity contribution in [2.45, 2.75) is 0 Å². The van der Waals surface area contributed by atoms with Crippen molar-refractivity contribution in [2.75, 3.05) is 4.90 Å². The summed E-state index contributed by atoms with van der Waals surface area (Å²) in [4.78, 5) is 17.1. The second kappa shape index (κ2) is 14.1. The molecule has 1 aromatic heterocycles. The highest BCUT2D eigenvalue weighted by molar-refractivity contribution is 5.80. The maximum atomic E-state index is 6.43. The first-order valence-corrected chi connectivity index (χ1v) is 16.5. The molecular weight excluding hydrogens is 613 g/mol. The molecule has 0 aliphatic carbocycles. The fraction of sp³-hybridized carbons (Fsp3) is 0. The number of ether oxygens (including phenoxy) is 1. The molecule has 0 amide bonds. The van der Waals surface area contributed by atoms with Crippen LogP contribution < -0.4 is 9.64 Å². The average Bonchev–Trinajstić information content (AvgIpc) is 3.20. The lowest BCUT2D eigenvalue weighted by Crippen LogP contribution is -2.09. The Morgan fingerprint density at radius 2 is 0.700 bits per heavy atom. The van der Waals surface area contributed by atoms with Crippen LogP contribution in [-0.2, 0) is 0 Å². The zero-order chi connectivity index (χ0) is 33.5. The Morgan fingerprint density at radius 3 is 1.20 bits per heavy atom. The van der Waals surface area contributed by atoms with Crippen molar-refractivity contribution in [3.63, 3.8) is 0 Å². The average molecular weight is 645 g/mol. The maximum absolute atomic E-state index is 6.43. The quantitative estimate of drug-likeness (QED) is 0.156. The lowest BCUT2D eigenvalue weighted by atomic mass is 10.0. The molecular formula is C45H32N4O. The molecule has 0 saturated carbocycles. The molecule has 0 N–H and O–H groups in total. The van der Waals surface area contributed by atoms with Crippen molar-refractivity contribution in [2.24, 2.45) is 0 Å². The molecule has 0 aliphatic rings. The first-order chi connectivity index (χ1) is 24.8. The van der Waals surface area contributed by atoms with Gasteiger partial charge in [0.2, 0.25) is 0 Å². The Kier molecular flexibility index (Phi) is 8.60. The fourth-order valence-electron chi connectivity index (χ4n) is 5.92. The van der Waals surface area contributed by atoms with Crippen molar-refractivity contribution in [3.8, 4) is 56.8 Å². The van der Waals surface area contributed by atoms with E-state index in [0.717, 1.165) is 50.6 Å². The van der Waals surface area contributed by atoms with E-state index >= 15 is 0 Å². The molecule has 1 heterocycles. The molecule has 5 heteroatoms. The van der Waals surface area contributed by atoms with Crippen LogP contribution in [0.5, 0.6) is 11.5 Å². The van der Waals surface area contributed by atoms with Crippen LogP contribution >= 0.6 is 0 Å². The molecule has 0 radical (unpaired) electrons. The Bertz CT molecular complexity index is 2220. The largest absolute Gasteiger partial charge is 0.457 e. The second-order valence-corrected chi connectivity index (χ2v) is 11.8. The van der Waals surface area contributed by atoms with Crippen LogP contribution in [0, 0.1) is 0 Å². The highest BCUT2D eigenvalue weighted by Gasteiger charge is 2.16. The molecule has 8 aromatic rings. The summed E-state index contributed by atoms with van der Waals surface area (Å²) < 4.78 is 6.43. The zero-order valence-corrected chi connectivity index (χ0v) is 27.2. The van der Waals surface area contributed by atoms with Crippen LogP contribution in [0.15, 0.2) is 194 Å². The smallest absolute Gasteiger partial charge is 0.164 e. The number of nitrogens with zero attached hydrogens (tertiary/aromatic N) is 4. The van der Waals surface area contributed by atoms with Gasteiger partial charge in [-0.25, -0.2) is 15.0 Å². The molecule has 0 saturated heterocycles. The van der Waals surface area contributed by atoms with Gasteiger partial charge in [0.05, 0.1) is 0 Å². The lowest BCUT2D eigenvalue weighted by molar-refractivity contribution is 0.483. The number of benzene rings is 7. The molecule has 5 nitrogen and oxygen atoms in total. The number of aromatic nitrogens is 3. The Labute approximate surface area is 291 Å². The van der Waals surface area contributed by atoms with Crippen LogP contribution in [0.2, 0.25) is 0 Å². The predicted octanol–water partition coefficient (Wildman–Crippen LogP) is 11.8. The van der Waals surface area contributed by atoms with Gasteiger partial charge >= 0.3 is 0 Å². The molecule has 0 fully saturated rings. The van der Waals surface area contributed by atoms with E-state index in [1.807, 2.05) is 109 Å².